The second kappa shape index (κ2) is 6.80. The molecule has 1 N–H and O–H groups in total. The van der Waals surface area contributed by atoms with Crippen LogP contribution in [-0.2, 0) is 4.74 Å². The molecule has 1 rings (SSSR count). The first kappa shape index (κ1) is 15.8. The SMILES string of the molecule is CC(NC(=O)OC(C)(C)C)c1ccc(OCC#N)cc1. The van der Waals surface area contributed by atoms with Crippen LogP contribution in [0.25, 0.3) is 0 Å². The van der Waals surface area contributed by atoms with Gasteiger partial charge in [-0.05, 0) is 45.4 Å². The number of amides is 1. The molecule has 0 fully saturated rings. The van der Waals surface area contributed by atoms with E-state index in [1.807, 2.05) is 45.9 Å². The number of ether oxygens (including phenoxy) is 2. The second-order valence-corrected chi connectivity index (χ2v) is 5.38. The predicted molar refractivity (Wildman–Crippen MR) is 75.3 cm³/mol. The van der Waals surface area contributed by atoms with Gasteiger partial charge in [0, 0.05) is 0 Å². The maximum Gasteiger partial charge on any atom is 0.408 e. The van der Waals surface area contributed by atoms with Crippen LogP contribution in [0.15, 0.2) is 24.3 Å². The van der Waals surface area contributed by atoms with Gasteiger partial charge in [-0.1, -0.05) is 12.1 Å². The fourth-order valence-electron chi connectivity index (χ4n) is 1.54. The number of nitriles is 1. The summed E-state index contributed by atoms with van der Waals surface area (Å²) in [6, 6.07) is 8.95. The highest BCUT2D eigenvalue weighted by Crippen LogP contribution is 2.18. The lowest BCUT2D eigenvalue weighted by atomic mass is 10.1. The van der Waals surface area contributed by atoms with Gasteiger partial charge in [0.2, 0.25) is 0 Å². The average molecular weight is 276 g/mol. The largest absolute Gasteiger partial charge is 0.479 e. The smallest absolute Gasteiger partial charge is 0.408 e. The molecule has 20 heavy (non-hydrogen) atoms. The van der Waals surface area contributed by atoms with E-state index in [1.165, 1.54) is 0 Å². The molecule has 0 spiro atoms. The Bertz CT molecular complexity index is 483. The number of alkyl carbamates (subject to hydrolysis) is 1. The molecule has 1 amide bonds. The van der Waals surface area contributed by atoms with Crippen molar-refractivity contribution < 1.29 is 14.3 Å². The van der Waals surface area contributed by atoms with Gasteiger partial charge in [-0.2, -0.15) is 5.26 Å². The molecule has 0 aliphatic carbocycles. The summed E-state index contributed by atoms with van der Waals surface area (Å²) < 4.78 is 10.4. The number of carbonyl (C=O) groups is 1. The van der Waals surface area contributed by atoms with Gasteiger partial charge >= 0.3 is 6.09 Å². The van der Waals surface area contributed by atoms with E-state index in [9.17, 15) is 4.79 Å². The van der Waals surface area contributed by atoms with Crippen molar-refractivity contribution in [2.45, 2.75) is 39.3 Å². The highest BCUT2D eigenvalue weighted by Gasteiger charge is 2.18. The van der Waals surface area contributed by atoms with Gasteiger partial charge < -0.3 is 14.8 Å². The fourth-order valence-corrected chi connectivity index (χ4v) is 1.54. The Balaban J connectivity index is 2.57. The van der Waals surface area contributed by atoms with Crippen molar-refractivity contribution >= 4 is 6.09 Å². The Hall–Kier alpha value is -2.22. The summed E-state index contributed by atoms with van der Waals surface area (Å²) in [7, 11) is 0. The zero-order valence-electron chi connectivity index (χ0n) is 12.3. The minimum absolute atomic E-state index is 0.0189. The van der Waals surface area contributed by atoms with E-state index in [-0.39, 0.29) is 12.6 Å². The van der Waals surface area contributed by atoms with Crippen LogP contribution in [0, 0.1) is 11.3 Å². The molecule has 0 saturated heterocycles. The van der Waals surface area contributed by atoms with Crippen molar-refractivity contribution in [3.63, 3.8) is 0 Å². The Morgan fingerprint density at radius 1 is 1.35 bits per heavy atom. The van der Waals surface area contributed by atoms with Crippen molar-refractivity contribution in [2.24, 2.45) is 0 Å². The van der Waals surface area contributed by atoms with Gasteiger partial charge in [-0.15, -0.1) is 0 Å². The molecule has 0 heterocycles. The van der Waals surface area contributed by atoms with Crippen LogP contribution in [0.1, 0.15) is 39.3 Å². The van der Waals surface area contributed by atoms with Crippen molar-refractivity contribution in [2.75, 3.05) is 6.61 Å². The van der Waals surface area contributed by atoms with Gasteiger partial charge in [0.15, 0.2) is 6.61 Å². The Morgan fingerprint density at radius 2 is 1.95 bits per heavy atom. The van der Waals surface area contributed by atoms with Gasteiger partial charge in [0.1, 0.15) is 17.4 Å². The first-order chi connectivity index (χ1) is 9.31. The lowest BCUT2D eigenvalue weighted by Gasteiger charge is -2.22. The van der Waals surface area contributed by atoms with Crippen LogP contribution in [0.5, 0.6) is 5.75 Å². The summed E-state index contributed by atoms with van der Waals surface area (Å²) in [5.41, 5.74) is 0.416. The fraction of sp³-hybridized carbons (Fsp3) is 0.467. The zero-order valence-corrected chi connectivity index (χ0v) is 12.3. The van der Waals surface area contributed by atoms with Gasteiger partial charge in [0.25, 0.3) is 0 Å². The van der Waals surface area contributed by atoms with Crippen LogP contribution in [0.3, 0.4) is 0 Å². The molecule has 1 aromatic rings. The molecule has 0 radical (unpaired) electrons. The molecule has 0 bridgehead atoms. The number of nitrogens with one attached hydrogen (secondary N) is 1. The van der Waals surface area contributed by atoms with Crippen LogP contribution in [0.4, 0.5) is 4.79 Å². The molecule has 0 saturated carbocycles. The summed E-state index contributed by atoms with van der Waals surface area (Å²) in [4.78, 5) is 11.7. The minimum Gasteiger partial charge on any atom is -0.479 e. The average Bonchev–Trinajstić information content (AvgIpc) is 2.34. The van der Waals surface area contributed by atoms with Crippen LogP contribution in [-0.4, -0.2) is 18.3 Å². The Labute approximate surface area is 119 Å². The normalized spacial score (nSPS) is 12.2. The standard InChI is InChI=1S/C15H20N2O3/c1-11(17-14(18)20-15(2,3)4)12-5-7-13(8-6-12)19-10-9-16/h5-8,11H,10H2,1-4H3,(H,17,18). The van der Waals surface area contributed by atoms with E-state index in [4.69, 9.17) is 14.7 Å². The molecular formula is C15H20N2O3. The molecular weight excluding hydrogens is 256 g/mol. The second-order valence-electron chi connectivity index (χ2n) is 5.38. The summed E-state index contributed by atoms with van der Waals surface area (Å²) >= 11 is 0. The molecule has 1 unspecified atom stereocenters. The molecule has 0 aromatic heterocycles. The van der Waals surface area contributed by atoms with E-state index >= 15 is 0 Å². The number of benzene rings is 1. The van der Waals surface area contributed by atoms with E-state index < -0.39 is 11.7 Å². The van der Waals surface area contributed by atoms with Crippen molar-refractivity contribution in [3.8, 4) is 11.8 Å². The molecule has 0 aliphatic heterocycles. The topological polar surface area (TPSA) is 71.3 Å². The van der Waals surface area contributed by atoms with Crippen LogP contribution < -0.4 is 10.1 Å². The van der Waals surface area contributed by atoms with Crippen LogP contribution in [0.2, 0.25) is 0 Å². The summed E-state index contributed by atoms with van der Waals surface area (Å²) in [5, 5.41) is 11.2. The summed E-state index contributed by atoms with van der Waals surface area (Å²) in [6.45, 7) is 7.34. The first-order valence-electron chi connectivity index (χ1n) is 6.41. The first-order valence-corrected chi connectivity index (χ1v) is 6.41. The van der Waals surface area contributed by atoms with E-state index in [2.05, 4.69) is 5.32 Å². The number of hydrogen-bond donors (Lipinski definition) is 1. The molecule has 1 atom stereocenters. The van der Waals surface area contributed by atoms with E-state index in [0.29, 0.717) is 5.75 Å². The quantitative estimate of drug-likeness (QED) is 0.916. The zero-order chi connectivity index (χ0) is 15.2. The Morgan fingerprint density at radius 3 is 2.45 bits per heavy atom. The van der Waals surface area contributed by atoms with Gasteiger partial charge in [0.05, 0.1) is 6.04 Å². The monoisotopic (exact) mass is 276 g/mol. The molecule has 5 heteroatoms. The number of nitrogens with zero attached hydrogens (tertiary/aromatic N) is 1. The summed E-state index contributed by atoms with van der Waals surface area (Å²) in [6.07, 6.45) is -0.449. The molecule has 0 aliphatic rings. The van der Waals surface area contributed by atoms with E-state index in [0.717, 1.165) is 5.56 Å². The highest BCUT2D eigenvalue weighted by atomic mass is 16.6. The van der Waals surface area contributed by atoms with Crippen molar-refractivity contribution in [1.82, 2.24) is 5.32 Å². The number of rotatable bonds is 4. The predicted octanol–water partition coefficient (Wildman–Crippen LogP) is 3.17. The van der Waals surface area contributed by atoms with Crippen LogP contribution >= 0.6 is 0 Å². The third kappa shape index (κ3) is 5.61. The lowest BCUT2D eigenvalue weighted by Crippen LogP contribution is -2.34. The van der Waals surface area contributed by atoms with Gasteiger partial charge in [-0.25, -0.2) is 4.79 Å². The van der Waals surface area contributed by atoms with Crippen molar-refractivity contribution in [3.05, 3.63) is 29.8 Å². The summed E-state index contributed by atoms with van der Waals surface area (Å²) in [5.74, 6) is 0.625. The third-order valence-corrected chi connectivity index (χ3v) is 2.42. The maximum absolute atomic E-state index is 11.7. The number of hydrogen-bond acceptors (Lipinski definition) is 4. The maximum atomic E-state index is 11.7. The Kier molecular flexibility index (Phi) is 5.39. The number of carbonyl (C=O) groups excluding carboxylic acids is 1. The van der Waals surface area contributed by atoms with Gasteiger partial charge in [-0.3, -0.25) is 0 Å². The molecule has 1 aromatic carbocycles. The van der Waals surface area contributed by atoms with E-state index in [1.54, 1.807) is 12.1 Å². The third-order valence-electron chi connectivity index (χ3n) is 2.42. The highest BCUT2D eigenvalue weighted by molar-refractivity contribution is 5.68. The minimum atomic E-state index is -0.515. The molecule has 5 nitrogen and oxygen atoms in total. The van der Waals surface area contributed by atoms with Crippen molar-refractivity contribution in [1.29, 1.82) is 5.26 Å². The lowest BCUT2D eigenvalue weighted by molar-refractivity contribution is 0.0508. The molecule has 108 valence electrons.